The summed E-state index contributed by atoms with van der Waals surface area (Å²) in [5.41, 5.74) is 1.60. The standard InChI is InChI=1S/C12H7ClO2/c13-10-4-1-8(2-5-10)9-3-6-11(14)12(15)7-9/h1-7H. The third-order valence-electron chi connectivity index (χ3n) is 2.12. The summed E-state index contributed by atoms with van der Waals surface area (Å²) in [6, 6.07) is 7.10. The molecule has 0 atom stereocenters. The Morgan fingerprint density at radius 1 is 0.867 bits per heavy atom. The molecular formula is C12H7ClO2. The zero-order valence-corrected chi connectivity index (χ0v) is 8.49. The lowest BCUT2D eigenvalue weighted by Crippen LogP contribution is -2.11. The number of carbonyl (C=O) groups is 2. The van der Waals surface area contributed by atoms with Crippen molar-refractivity contribution >= 4 is 28.7 Å². The molecular weight excluding hydrogens is 212 g/mol. The Hall–Kier alpha value is -1.67. The average molecular weight is 219 g/mol. The SMILES string of the molecule is O=C1C=CC(c2ccc(Cl)cc2)=CC1=O. The normalized spacial score (nSPS) is 15.4. The Morgan fingerprint density at radius 3 is 2.13 bits per heavy atom. The van der Waals surface area contributed by atoms with Gasteiger partial charge in [0, 0.05) is 5.02 Å². The van der Waals surface area contributed by atoms with Gasteiger partial charge in [0.05, 0.1) is 0 Å². The van der Waals surface area contributed by atoms with Gasteiger partial charge in [0.1, 0.15) is 0 Å². The maximum absolute atomic E-state index is 11.1. The van der Waals surface area contributed by atoms with Crippen molar-refractivity contribution in [2.24, 2.45) is 0 Å². The van der Waals surface area contributed by atoms with Crippen LogP contribution in [0.15, 0.2) is 42.5 Å². The van der Waals surface area contributed by atoms with Crippen LogP contribution >= 0.6 is 11.6 Å². The van der Waals surface area contributed by atoms with E-state index >= 15 is 0 Å². The molecule has 0 spiro atoms. The van der Waals surface area contributed by atoms with Crippen molar-refractivity contribution in [3.63, 3.8) is 0 Å². The summed E-state index contributed by atoms with van der Waals surface area (Å²) in [5, 5.41) is 0.640. The van der Waals surface area contributed by atoms with Gasteiger partial charge in [-0.25, -0.2) is 0 Å². The van der Waals surface area contributed by atoms with Crippen LogP contribution in [0.4, 0.5) is 0 Å². The first-order valence-electron chi connectivity index (χ1n) is 4.41. The molecule has 2 rings (SSSR count). The summed E-state index contributed by atoms with van der Waals surface area (Å²) >= 11 is 5.74. The van der Waals surface area contributed by atoms with E-state index in [1.807, 2.05) is 12.1 Å². The second-order valence-corrected chi connectivity index (χ2v) is 3.60. The number of benzene rings is 1. The summed E-state index contributed by atoms with van der Waals surface area (Å²) in [6.07, 6.45) is 4.25. The molecule has 0 saturated carbocycles. The Morgan fingerprint density at radius 2 is 1.53 bits per heavy atom. The summed E-state index contributed by atoms with van der Waals surface area (Å²) < 4.78 is 0. The lowest BCUT2D eigenvalue weighted by molar-refractivity contribution is -0.131. The van der Waals surface area contributed by atoms with Crippen molar-refractivity contribution in [1.82, 2.24) is 0 Å². The van der Waals surface area contributed by atoms with Crippen molar-refractivity contribution in [3.8, 4) is 0 Å². The van der Waals surface area contributed by atoms with Gasteiger partial charge in [-0.3, -0.25) is 9.59 Å². The maximum Gasteiger partial charge on any atom is 0.226 e. The molecule has 1 aromatic rings. The summed E-state index contributed by atoms with van der Waals surface area (Å²) in [7, 11) is 0. The molecule has 0 bridgehead atoms. The summed E-state index contributed by atoms with van der Waals surface area (Å²) in [4.78, 5) is 22.1. The Kier molecular flexibility index (Phi) is 2.52. The van der Waals surface area contributed by atoms with E-state index in [1.54, 1.807) is 18.2 Å². The molecule has 1 aliphatic carbocycles. The van der Waals surface area contributed by atoms with Gasteiger partial charge in [-0.1, -0.05) is 29.8 Å². The third kappa shape index (κ3) is 2.05. The molecule has 0 N–H and O–H groups in total. The molecule has 15 heavy (non-hydrogen) atoms. The number of allylic oxidation sites excluding steroid dienone is 4. The van der Waals surface area contributed by atoms with Crippen LogP contribution in [0.3, 0.4) is 0 Å². The molecule has 2 nitrogen and oxygen atoms in total. The van der Waals surface area contributed by atoms with Gasteiger partial charge in [0.25, 0.3) is 0 Å². The molecule has 1 aliphatic rings. The predicted octanol–water partition coefficient (Wildman–Crippen LogP) is 2.43. The van der Waals surface area contributed by atoms with Gasteiger partial charge >= 0.3 is 0 Å². The monoisotopic (exact) mass is 218 g/mol. The average Bonchev–Trinajstić information content (AvgIpc) is 2.23. The molecule has 0 aromatic heterocycles. The molecule has 0 unspecified atom stereocenters. The minimum Gasteiger partial charge on any atom is -0.286 e. The van der Waals surface area contributed by atoms with Crippen LogP contribution in [0.25, 0.3) is 5.57 Å². The molecule has 1 aromatic carbocycles. The van der Waals surface area contributed by atoms with Gasteiger partial charge < -0.3 is 0 Å². The minimum absolute atomic E-state index is 0.479. The van der Waals surface area contributed by atoms with E-state index < -0.39 is 11.6 Å². The second-order valence-electron chi connectivity index (χ2n) is 3.17. The Labute approximate surface area is 91.9 Å². The first-order valence-corrected chi connectivity index (χ1v) is 4.78. The molecule has 0 amide bonds. The first-order chi connectivity index (χ1) is 7.16. The van der Waals surface area contributed by atoms with Gasteiger partial charge in [0.15, 0.2) is 0 Å². The largest absolute Gasteiger partial charge is 0.286 e. The predicted molar refractivity (Wildman–Crippen MR) is 58.6 cm³/mol. The number of hydrogen-bond acceptors (Lipinski definition) is 2. The number of hydrogen-bond donors (Lipinski definition) is 0. The highest BCUT2D eigenvalue weighted by Crippen LogP contribution is 2.20. The van der Waals surface area contributed by atoms with E-state index in [0.29, 0.717) is 5.02 Å². The fourth-order valence-electron chi connectivity index (χ4n) is 1.33. The number of ketones is 2. The van der Waals surface area contributed by atoms with Crippen LogP contribution in [0, 0.1) is 0 Å². The van der Waals surface area contributed by atoms with E-state index in [2.05, 4.69) is 0 Å². The zero-order valence-electron chi connectivity index (χ0n) is 7.74. The maximum atomic E-state index is 11.1. The fourth-order valence-corrected chi connectivity index (χ4v) is 1.46. The topological polar surface area (TPSA) is 34.1 Å². The van der Waals surface area contributed by atoms with E-state index in [-0.39, 0.29) is 0 Å². The van der Waals surface area contributed by atoms with Crippen molar-refractivity contribution in [2.45, 2.75) is 0 Å². The molecule has 0 saturated heterocycles. The van der Waals surface area contributed by atoms with Crippen molar-refractivity contribution in [3.05, 3.63) is 53.1 Å². The molecule has 3 heteroatoms. The van der Waals surface area contributed by atoms with Crippen LogP contribution in [-0.2, 0) is 9.59 Å². The second kappa shape index (κ2) is 3.83. The number of carbonyl (C=O) groups excluding carboxylic acids is 2. The first kappa shape index (κ1) is 9.87. The van der Waals surface area contributed by atoms with Crippen LogP contribution in [0.2, 0.25) is 5.02 Å². The van der Waals surface area contributed by atoms with Crippen LogP contribution < -0.4 is 0 Å². The van der Waals surface area contributed by atoms with Crippen LogP contribution in [0.1, 0.15) is 5.56 Å². The van der Waals surface area contributed by atoms with E-state index in [4.69, 9.17) is 11.6 Å². The van der Waals surface area contributed by atoms with E-state index in [0.717, 1.165) is 11.1 Å². The van der Waals surface area contributed by atoms with Crippen molar-refractivity contribution in [2.75, 3.05) is 0 Å². The lowest BCUT2D eigenvalue weighted by atomic mass is 9.98. The smallest absolute Gasteiger partial charge is 0.226 e. The van der Waals surface area contributed by atoms with Gasteiger partial charge in [-0.05, 0) is 35.4 Å². The highest BCUT2D eigenvalue weighted by molar-refractivity contribution is 6.48. The summed E-state index contributed by atoms with van der Waals surface area (Å²) in [5.74, 6) is -0.963. The Bertz CT molecular complexity index is 481. The highest BCUT2D eigenvalue weighted by atomic mass is 35.5. The van der Waals surface area contributed by atoms with Crippen molar-refractivity contribution in [1.29, 1.82) is 0 Å². The third-order valence-corrected chi connectivity index (χ3v) is 2.37. The van der Waals surface area contributed by atoms with E-state index in [1.165, 1.54) is 12.2 Å². The Balaban J connectivity index is 2.37. The quantitative estimate of drug-likeness (QED) is 0.536. The highest BCUT2D eigenvalue weighted by Gasteiger charge is 2.13. The van der Waals surface area contributed by atoms with Gasteiger partial charge in [0.2, 0.25) is 11.6 Å². The lowest BCUT2D eigenvalue weighted by Gasteiger charge is -2.05. The molecule has 0 aliphatic heterocycles. The number of halogens is 1. The summed E-state index contributed by atoms with van der Waals surface area (Å²) in [6.45, 7) is 0. The van der Waals surface area contributed by atoms with Gasteiger partial charge in [-0.2, -0.15) is 0 Å². The fraction of sp³-hybridized carbons (Fsp3) is 0. The molecule has 0 radical (unpaired) electrons. The minimum atomic E-state index is -0.484. The zero-order chi connectivity index (χ0) is 10.8. The van der Waals surface area contributed by atoms with Crippen molar-refractivity contribution < 1.29 is 9.59 Å². The van der Waals surface area contributed by atoms with E-state index in [9.17, 15) is 9.59 Å². The van der Waals surface area contributed by atoms with Crippen LogP contribution in [-0.4, -0.2) is 11.6 Å². The van der Waals surface area contributed by atoms with Gasteiger partial charge in [-0.15, -0.1) is 0 Å². The van der Waals surface area contributed by atoms with Crippen LogP contribution in [0.5, 0.6) is 0 Å². The number of rotatable bonds is 1. The molecule has 0 heterocycles. The molecule has 0 fully saturated rings. The molecule has 74 valence electrons.